The number of amides is 2. The van der Waals surface area contributed by atoms with Gasteiger partial charge in [-0.2, -0.15) is 0 Å². The summed E-state index contributed by atoms with van der Waals surface area (Å²) in [6.45, 7) is 1.96. The molecule has 144 valence electrons. The van der Waals surface area contributed by atoms with Crippen molar-refractivity contribution in [2.75, 3.05) is 30.6 Å². The van der Waals surface area contributed by atoms with Crippen LogP contribution in [0.2, 0.25) is 0 Å². The van der Waals surface area contributed by atoms with Crippen LogP contribution in [0.1, 0.15) is 19.8 Å². The molecule has 0 unspecified atom stereocenters. The summed E-state index contributed by atoms with van der Waals surface area (Å²) in [6, 6.07) is 12.7. The van der Waals surface area contributed by atoms with Gasteiger partial charge in [0.1, 0.15) is 11.5 Å². The number of carbonyl (C=O) groups is 2. The molecule has 0 atom stereocenters. The minimum Gasteiger partial charge on any atom is -0.497 e. The number of carbonyl (C=O) groups excluding carboxylic acids is 2. The molecule has 0 fully saturated rings. The van der Waals surface area contributed by atoms with E-state index in [-0.39, 0.29) is 17.6 Å². The molecule has 0 aliphatic carbocycles. The molecule has 0 aliphatic heterocycles. The van der Waals surface area contributed by atoms with E-state index in [1.54, 1.807) is 32.4 Å². The average Bonchev–Trinajstić information content (AvgIpc) is 2.66. The molecule has 7 heteroatoms. The van der Waals surface area contributed by atoms with Gasteiger partial charge in [0.2, 0.25) is 11.8 Å². The van der Waals surface area contributed by atoms with Crippen LogP contribution in [0.3, 0.4) is 0 Å². The summed E-state index contributed by atoms with van der Waals surface area (Å²) >= 11 is 1.40. The van der Waals surface area contributed by atoms with Gasteiger partial charge in [0.05, 0.1) is 20.0 Å². The summed E-state index contributed by atoms with van der Waals surface area (Å²) in [5.41, 5.74) is 1.34. The topological polar surface area (TPSA) is 76.7 Å². The standard InChI is InChI=1S/C20H24N2O4S/c1-4-6-19(23)21-14-7-5-8-18(11-14)27-13-20(24)22-15-9-16(25-2)12-17(10-15)26-3/h5,7-12H,4,6,13H2,1-3H3,(H,21,23)(H,22,24). The lowest BCUT2D eigenvalue weighted by atomic mass is 10.2. The first-order valence-corrected chi connectivity index (χ1v) is 9.58. The summed E-state index contributed by atoms with van der Waals surface area (Å²) in [4.78, 5) is 24.8. The first-order valence-electron chi connectivity index (χ1n) is 8.59. The van der Waals surface area contributed by atoms with Gasteiger partial charge in [-0.3, -0.25) is 9.59 Å². The van der Waals surface area contributed by atoms with E-state index in [1.165, 1.54) is 11.8 Å². The van der Waals surface area contributed by atoms with Gasteiger partial charge in [-0.15, -0.1) is 11.8 Å². The lowest BCUT2D eigenvalue weighted by Crippen LogP contribution is -2.14. The molecular weight excluding hydrogens is 364 g/mol. The quantitative estimate of drug-likeness (QED) is 0.631. The predicted molar refractivity (Wildman–Crippen MR) is 109 cm³/mol. The fourth-order valence-corrected chi connectivity index (χ4v) is 3.09. The lowest BCUT2D eigenvalue weighted by Gasteiger charge is -2.10. The van der Waals surface area contributed by atoms with Crippen molar-refractivity contribution >= 4 is 35.0 Å². The minimum absolute atomic E-state index is 0.00985. The van der Waals surface area contributed by atoms with Crippen LogP contribution in [0, 0.1) is 0 Å². The predicted octanol–water partition coefficient (Wildman–Crippen LogP) is 4.17. The van der Waals surface area contributed by atoms with Crippen molar-refractivity contribution in [1.29, 1.82) is 0 Å². The van der Waals surface area contributed by atoms with Crippen LogP contribution in [0.25, 0.3) is 0 Å². The molecule has 6 nitrogen and oxygen atoms in total. The van der Waals surface area contributed by atoms with Crippen LogP contribution in [-0.2, 0) is 9.59 Å². The fourth-order valence-electron chi connectivity index (χ4n) is 2.34. The number of thioether (sulfide) groups is 1. The molecular formula is C20H24N2O4S. The van der Waals surface area contributed by atoms with Crippen molar-refractivity contribution in [3.8, 4) is 11.5 Å². The van der Waals surface area contributed by atoms with Gasteiger partial charge in [-0.05, 0) is 24.6 Å². The molecule has 0 saturated heterocycles. The normalized spacial score (nSPS) is 10.2. The Morgan fingerprint density at radius 3 is 2.22 bits per heavy atom. The highest BCUT2D eigenvalue weighted by Gasteiger charge is 2.08. The Kier molecular flexibility index (Phi) is 8.00. The maximum absolute atomic E-state index is 12.2. The maximum Gasteiger partial charge on any atom is 0.234 e. The van der Waals surface area contributed by atoms with Crippen LogP contribution in [-0.4, -0.2) is 31.8 Å². The van der Waals surface area contributed by atoms with Crippen molar-refractivity contribution < 1.29 is 19.1 Å². The fraction of sp³-hybridized carbons (Fsp3) is 0.300. The number of ether oxygens (including phenoxy) is 2. The van der Waals surface area contributed by atoms with Gasteiger partial charge in [0.25, 0.3) is 0 Å². The smallest absolute Gasteiger partial charge is 0.234 e. The van der Waals surface area contributed by atoms with Crippen LogP contribution < -0.4 is 20.1 Å². The first kappa shape index (κ1) is 20.6. The maximum atomic E-state index is 12.2. The van der Waals surface area contributed by atoms with Gasteiger partial charge in [-0.1, -0.05) is 13.0 Å². The number of hydrogen-bond acceptors (Lipinski definition) is 5. The molecule has 0 saturated carbocycles. The van der Waals surface area contributed by atoms with E-state index in [4.69, 9.17) is 9.47 Å². The van der Waals surface area contributed by atoms with Gasteiger partial charge in [0, 0.05) is 40.9 Å². The summed E-state index contributed by atoms with van der Waals surface area (Å²) in [5.74, 6) is 1.30. The SMILES string of the molecule is CCCC(=O)Nc1cccc(SCC(=O)Nc2cc(OC)cc(OC)c2)c1. The average molecular weight is 388 g/mol. The Labute approximate surface area is 163 Å². The third-order valence-corrected chi connectivity index (χ3v) is 4.59. The highest BCUT2D eigenvalue weighted by molar-refractivity contribution is 8.00. The van der Waals surface area contributed by atoms with Crippen molar-refractivity contribution in [3.63, 3.8) is 0 Å². The van der Waals surface area contributed by atoms with Gasteiger partial charge in [-0.25, -0.2) is 0 Å². The van der Waals surface area contributed by atoms with E-state index in [0.29, 0.717) is 23.6 Å². The second-order valence-electron chi connectivity index (χ2n) is 5.76. The van der Waals surface area contributed by atoms with Gasteiger partial charge in [0.15, 0.2) is 0 Å². The van der Waals surface area contributed by atoms with Crippen molar-refractivity contribution in [2.45, 2.75) is 24.7 Å². The lowest BCUT2D eigenvalue weighted by molar-refractivity contribution is -0.116. The molecule has 0 heterocycles. The Bertz CT molecular complexity index is 773. The summed E-state index contributed by atoms with van der Waals surface area (Å²) in [6.07, 6.45) is 1.29. The summed E-state index contributed by atoms with van der Waals surface area (Å²) < 4.78 is 10.4. The Morgan fingerprint density at radius 1 is 0.926 bits per heavy atom. The Morgan fingerprint density at radius 2 is 1.59 bits per heavy atom. The highest BCUT2D eigenvalue weighted by atomic mass is 32.2. The number of methoxy groups -OCH3 is 2. The van der Waals surface area contributed by atoms with E-state index in [2.05, 4.69) is 10.6 Å². The number of anilines is 2. The molecule has 2 aromatic rings. The zero-order chi connectivity index (χ0) is 19.6. The van der Waals surface area contributed by atoms with Gasteiger partial charge < -0.3 is 20.1 Å². The molecule has 0 aromatic heterocycles. The van der Waals surface area contributed by atoms with Crippen molar-refractivity contribution in [3.05, 3.63) is 42.5 Å². The van der Waals surface area contributed by atoms with E-state index < -0.39 is 0 Å². The molecule has 0 aliphatic rings. The second-order valence-corrected chi connectivity index (χ2v) is 6.81. The second kappa shape index (κ2) is 10.5. The van der Waals surface area contributed by atoms with Crippen molar-refractivity contribution in [1.82, 2.24) is 0 Å². The number of nitrogens with one attached hydrogen (secondary N) is 2. The molecule has 0 radical (unpaired) electrons. The zero-order valence-corrected chi connectivity index (χ0v) is 16.5. The zero-order valence-electron chi connectivity index (χ0n) is 15.7. The monoisotopic (exact) mass is 388 g/mol. The first-order chi connectivity index (χ1) is 13.0. The van der Waals surface area contributed by atoms with Crippen molar-refractivity contribution in [2.24, 2.45) is 0 Å². The molecule has 0 bridgehead atoms. The number of rotatable bonds is 9. The molecule has 2 amide bonds. The molecule has 2 aromatic carbocycles. The minimum atomic E-state index is -0.143. The van der Waals surface area contributed by atoms with Crippen LogP contribution in [0.15, 0.2) is 47.4 Å². The van der Waals surface area contributed by atoms with E-state index >= 15 is 0 Å². The summed E-state index contributed by atoms with van der Waals surface area (Å²) in [5, 5.41) is 5.69. The molecule has 2 rings (SSSR count). The molecule has 27 heavy (non-hydrogen) atoms. The molecule has 0 spiro atoms. The molecule has 2 N–H and O–H groups in total. The Balaban J connectivity index is 1.93. The van der Waals surface area contributed by atoms with E-state index in [9.17, 15) is 9.59 Å². The third kappa shape index (κ3) is 6.86. The summed E-state index contributed by atoms with van der Waals surface area (Å²) in [7, 11) is 3.12. The number of benzene rings is 2. The largest absolute Gasteiger partial charge is 0.497 e. The number of hydrogen-bond donors (Lipinski definition) is 2. The van der Waals surface area contributed by atoms with Crippen LogP contribution in [0.4, 0.5) is 11.4 Å². The Hall–Kier alpha value is -2.67. The van der Waals surface area contributed by atoms with Crippen LogP contribution in [0.5, 0.6) is 11.5 Å². The van der Waals surface area contributed by atoms with E-state index in [0.717, 1.165) is 17.0 Å². The van der Waals surface area contributed by atoms with Crippen LogP contribution >= 0.6 is 11.8 Å². The third-order valence-electron chi connectivity index (χ3n) is 3.60. The van der Waals surface area contributed by atoms with E-state index in [1.807, 2.05) is 31.2 Å². The highest BCUT2D eigenvalue weighted by Crippen LogP contribution is 2.26. The van der Waals surface area contributed by atoms with Gasteiger partial charge >= 0.3 is 0 Å².